The molecule has 0 saturated heterocycles. The number of nitrogens with zero attached hydrogens (tertiary/aromatic N) is 1. The second kappa shape index (κ2) is 10.3. The molecular formula is C34H30NOPS. The van der Waals surface area contributed by atoms with E-state index in [1.165, 1.54) is 10.3 Å². The minimum atomic E-state index is -3.08. The summed E-state index contributed by atoms with van der Waals surface area (Å²) in [6, 6.07) is 43.5. The summed E-state index contributed by atoms with van der Waals surface area (Å²) < 4.78 is 17.4. The fourth-order valence-electron chi connectivity index (χ4n) is 5.15. The third kappa shape index (κ3) is 4.30. The number of aromatic nitrogens is 1. The number of thioether (sulfide) groups is 1. The molecule has 1 heterocycles. The maximum atomic E-state index is 15.1. The molecule has 0 aliphatic heterocycles. The summed E-state index contributed by atoms with van der Waals surface area (Å²) in [5.74, 6) is 0. The quantitative estimate of drug-likeness (QED) is 0.153. The van der Waals surface area contributed by atoms with Gasteiger partial charge >= 0.3 is 0 Å². The van der Waals surface area contributed by atoms with Crippen molar-refractivity contribution in [3.63, 3.8) is 0 Å². The van der Waals surface area contributed by atoms with Crippen LogP contribution in [0, 0.1) is 0 Å². The van der Waals surface area contributed by atoms with Crippen LogP contribution in [0.2, 0.25) is 0 Å². The molecule has 0 bridgehead atoms. The van der Waals surface area contributed by atoms with E-state index >= 15 is 4.57 Å². The van der Waals surface area contributed by atoms with E-state index in [0.717, 1.165) is 44.4 Å². The van der Waals surface area contributed by atoms with Crippen molar-refractivity contribution < 1.29 is 4.57 Å². The molecule has 0 N–H and O–H groups in total. The van der Waals surface area contributed by atoms with Crippen LogP contribution in [0.25, 0.3) is 27.5 Å². The highest BCUT2D eigenvalue weighted by molar-refractivity contribution is 8.00. The highest BCUT2D eigenvalue weighted by Gasteiger charge is 2.30. The Morgan fingerprint density at radius 1 is 0.658 bits per heavy atom. The van der Waals surface area contributed by atoms with E-state index < -0.39 is 7.14 Å². The van der Waals surface area contributed by atoms with Crippen molar-refractivity contribution in [2.45, 2.75) is 30.4 Å². The molecule has 6 rings (SSSR count). The number of para-hydroxylation sites is 1. The molecule has 0 radical (unpaired) electrons. The number of fused-ring (bicyclic) bond motifs is 3. The Kier molecular flexibility index (Phi) is 6.74. The largest absolute Gasteiger partial charge is 0.309 e. The van der Waals surface area contributed by atoms with E-state index in [1.54, 1.807) is 0 Å². The standard InChI is InChI=1S/C34H30NOPS/c1-3-25(2)38-30-20-22-34-32(24-30)31-23-29(19-21-33(31)35(34)26-13-7-4-8-14-26)37(36,27-15-9-5-10-16-27)28-17-11-6-12-18-28/h4-25H,3H2,1-2H3. The topological polar surface area (TPSA) is 22.0 Å². The fourth-order valence-corrected chi connectivity index (χ4v) is 8.79. The molecule has 4 heteroatoms. The molecule has 0 aliphatic carbocycles. The SMILES string of the molecule is CCC(C)Sc1ccc2c(c1)c1cc(P(=O)(c3ccccc3)c3ccccc3)ccc1n2-c1ccccc1. The zero-order valence-electron chi connectivity index (χ0n) is 21.6. The van der Waals surface area contributed by atoms with Gasteiger partial charge in [0.1, 0.15) is 0 Å². The summed E-state index contributed by atoms with van der Waals surface area (Å²) in [4.78, 5) is 1.26. The van der Waals surface area contributed by atoms with Crippen molar-refractivity contribution in [2.75, 3.05) is 0 Å². The van der Waals surface area contributed by atoms with Gasteiger partial charge in [0.05, 0.1) is 11.0 Å². The van der Waals surface area contributed by atoms with Gasteiger partial charge in [-0.3, -0.25) is 0 Å². The van der Waals surface area contributed by atoms with Gasteiger partial charge in [-0.25, -0.2) is 0 Å². The van der Waals surface area contributed by atoms with Crippen LogP contribution in [-0.4, -0.2) is 9.82 Å². The molecule has 0 saturated carbocycles. The third-order valence-electron chi connectivity index (χ3n) is 7.25. The molecule has 1 aromatic heterocycles. The zero-order chi connectivity index (χ0) is 26.1. The molecular weight excluding hydrogens is 501 g/mol. The number of rotatable bonds is 7. The van der Waals surface area contributed by atoms with Gasteiger partial charge in [0.15, 0.2) is 7.14 Å². The van der Waals surface area contributed by atoms with Crippen LogP contribution in [0.3, 0.4) is 0 Å². The first kappa shape index (κ1) is 24.8. The first-order valence-electron chi connectivity index (χ1n) is 13.1. The molecule has 2 nitrogen and oxygen atoms in total. The predicted octanol–water partition coefficient (Wildman–Crippen LogP) is 8.31. The molecule has 0 fully saturated rings. The van der Waals surface area contributed by atoms with Crippen LogP contribution in [0.15, 0.2) is 132 Å². The van der Waals surface area contributed by atoms with Gasteiger partial charge in [0.2, 0.25) is 0 Å². The van der Waals surface area contributed by atoms with E-state index in [4.69, 9.17) is 0 Å². The van der Waals surface area contributed by atoms with Crippen molar-refractivity contribution in [3.8, 4) is 5.69 Å². The Hall–Kier alpha value is -3.52. The lowest BCUT2D eigenvalue weighted by Crippen LogP contribution is -2.24. The van der Waals surface area contributed by atoms with Crippen LogP contribution in [-0.2, 0) is 4.57 Å². The summed E-state index contributed by atoms with van der Waals surface area (Å²) in [6.45, 7) is 4.50. The fraction of sp³-hybridized carbons (Fsp3) is 0.118. The first-order valence-corrected chi connectivity index (χ1v) is 15.7. The molecule has 0 spiro atoms. The molecule has 5 aromatic carbocycles. The lowest BCUT2D eigenvalue weighted by molar-refractivity contribution is 0.592. The molecule has 1 unspecified atom stereocenters. The van der Waals surface area contributed by atoms with Crippen molar-refractivity contribution in [3.05, 3.63) is 127 Å². The average molecular weight is 532 g/mol. The van der Waals surface area contributed by atoms with Gasteiger partial charge in [0.25, 0.3) is 0 Å². The van der Waals surface area contributed by atoms with Crippen LogP contribution in [0.4, 0.5) is 0 Å². The number of benzene rings is 5. The van der Waals surface area contributed by atoms with Crippen molar-refractivity contribution in [1.29, 1.82) is 0 Å². The van der Waals surface area contributed by atoms with Crippen LogP contribution >= 0.6 is 18.9 Å². The second-order valence-corrected chi connectivity index (χ2v) is 13.9. The van der Waals surface area contributed by atoms with Gasteiger partial charge in [0, 0.05) is 42.5 Å². The van der Waals surface area contributed by atoms with Gasteiger partial charge in [-0.05, 0) is 55.0 Å². The van der Waals surface area contributed by atoms with E-state index in [2.05, 4.69) is 79.1 Å². The summed E-state index contributed by atoms with van der Waals surface area (Å²) in [5.41, 5.74) is 3.40. The number of hydrogen-bond donors (Lipinski definition) is 0. The summed E-state index contributed by atoms with van der Waals surface area (Å²) in [6.07, 6.45) is 1.12. The third-order valence-corrected chi connectivity index (χ3v) is 11.6. The minimum Gasteiger partial charge on any atom is -0.309 e. The molecule has 0 aliphatic rings. The summed E-state index contributed by atoms with van der Waals surface area (Å²) in [5, 5.41) is 5.42. The molecule has 38 heavy (non-hydrogen) atoms. The van der Waals surface area contributed by atoms with E-state index in [9.17, 15) is 0 Å². The lowest BCUT2D eigenvalue weighted by Gasteiger charge is -2.20. The summed E-state index contributed by atoms with van der Waals surface area (Å²) >= 11 is 1.91. The minimum absolute atomic E-state index is 0.543. The van der Waals surface area contributed by atoms with Gasteiger partial charge < -0.3 is 9.13 Å². The van der Waals surface area contributed by atoms with E-state index in [0.29, 0.717) is 5.25 Å². The average Bonchev–Trinajstić information content (AvgIpc) is 3.31. The zero-order valence-corrected chi connectivity index (χ0v) is 23.3. The summed E-state index contributed by atoms with van der Waals surface area (Å²) in [7, 11) is -3.08. The monoisotopic (exact) mass is 531 g/mol. The maximum Gasteiger partial charge on any atom is 0.171 e. The Morgan fingerprint density at radius 2 is 1.18 bits per heavy atom. The predicted molar refractivity (Wildman–Crippen MR) is 166 cm³/mol. The van der Waals surface area contributed by atoms with Gasteiger partial charge in [-0.2, -0.15) is 0 Å². The highest BCUT2D eigenvalue weighted by atomic mass is 32.2. The van der Waals surface area contributed by atoms with Gasteiger partial charge in [-0.1, -0.05) is 92.7 Å². The smallest absolute Gasteiger partial charge is 0.171 e. The Labute approximate surface area is 228 Å². The van der Waals surface area contributed by atoms with Crippen LogP contribution < -0.4 is 15.9 Å². The normalized spacial score (nSPS) is 12.7. The van der Waals surface area contributed by atoms with Crippen molar-refractivity contribution >= 4 is 56.6 Å². The molecule has 0 amide bonds. The molecule has 6 aromatic rings. The number of hydrogen-bond acceptors (Lipinski definition) is 2. The van der Waals surface area contributed by atoms with Crippen LogP contribution in [0.1, 0.15) is 20.3 Å². The Morgan fingerprint density at radius 3 is 1.76 bits per heavy atom. The highest BCUT2D eigenvalue weighted by Crippen LogP contribution is 2.44. The van der Waals surface area contributed by atoms with E-state index in [1.807, 2.05) is 78.5 Å². The van der Waals surface area contributed by atoms with Crippen molar-refractivity contribution in [2.24, 2.45) is 0 Å². The van der Waals surface area contributed by atoms with Crippen LogP contribution in [0.5, 0.6) is 0 Å². The van der Waals surface area contributed by atoms with Crippen molar-refractivity contribution in [1.82, 2.24) is 4.57 Å². The Balaban J connectivity index is 1.65. The first-order chi connectivity index (χ1) is 18.6. The molecule has 188 valence electrons. The maximum absolute atomic E-state index is 15.1. The second-order valence-electron chi connectivity index (χ2n) is 9.67. The van der Waals surface area contributed by atoms with Gasteiger partial charge in [-0.15, -0.1) is 11.8 Å². The van der Waals surface area contributed by atoms with E-state index in [-0.39, 0.29) is 0 Å². The lowest BCUT2D eigenvalue weighted by atomic mass is 10.1. The Bertz CT molecular complexity index is 1720. The molecule has 1 atom stereocenters.